The van der Waals surface area contributed by atoms with Crippen molar-refractivity contribution >= 4 is 35.4 Å². The van der Waals surface area contributed by atoms with E-state index in [4.69, 9.17) is 0 Å². The van der Waals surface area contributed by atoms with Gasteiger partial charge in [-0.25, -0.2) is 4.99 Å². The maximum Gasteiger partial charge on any atom is 0.166 e. The summed E-state index contributed by atoms with van der Waals surface area (Å²) in [7, 11) is 0. The molecule has 0 saturated carbocycles. The van der Waals surface area contributed by atoms with Gasteiger partial charge in [-0.05, 0) is 63.8 Å². The highest BCUT2D eigenvalue weighted by Gasteiger charge is 2.08. The van der Waals surface area contributed by atoms with Gasteiger partial charge in [0.2, 0.25) is 0 Å². The predicted molar refractivity (Wildman–Crippen MR) is 117 cm³/mol. The first-order valence-corrected chi connectivity index (χ1v) is 9.19. The number of nitrogens with zero attached hydrogens (tertiary/aromatic N) is 4. The Balaban J connectivity index is 1.75. The SMILES string of the molecule is Cc1cc(C)c(N=CC2=NC(C=Nc3c(C)cc(C)cc3C)=NC2)c(C)c1. The molecule has 138 valence electrons. The van der Waals surface area contributed by atoms with Crippen molar-refractivity contribution in [2.75, 3.05) is 6.54 Å². The van der Waals surface area contributed by atoms with Crippen molar-refractivity contribution in [2.24, 2.45) is 20.0 Å². The van der Waals surface area contributed by atoms with Crippen molar-refractivity contribution in [3.8, 4) is 0 Å². The summed E-state index contributed by atoms with van der Waals surface area (Å²) in [4.78, 5) is 18.2. The highest BCUT2D eigenvalue weighted by atomic mass is 15.0. The minimum absolute atomic E-state index is 0.542. The fourth-order valence-electron chi connectivity index (χ4n) is 3.53. The molecule has 0 aromatic heterocycles. The monoisotopic (exact) mass is 358 g/mol. The molecule has 27 heavy (non-hydrogen) atoms. The van der Waals surface area contributed by atoms with Crippen LogP contribution in [0.15, 0.2) is 44.2 Å². The third kappa shape index (κ3) is 4.45. The topological polar surface area (TPSA) is 49.4 Å². The number of amidine groups is 1. The number of rotatable bonds is 4. The zero-order valence-electron chi connectivity index (χ0n) is 17.0. The van der Waals surface area contributed by atoms with Crippen molar-refractivity contribution in [1.82, 2.24) is 0 Å². The molecule has 1 heterocycles. The lowest BCUT2D eigenvalue weighted by atomic mass is 10.1. The highest BCUT2D eigenvalue weighted by Crippen LogP contribution is 2.25. The molecule has 2 aromatic carbocycles. The molecule has 0 N–H and O–H groups in total. The van der Waals surface area contributed by atoms with Gasteiger partial charge in [-0.3, -0.25) is 15.0 Å². The molecule has 4 heteroatoms. The average Bonchev–Trinajstić information content (AvgIpc) is 3.00. The smallest absolute Gasteiger partial charge is 0.166 e. The molecule has 0 saturated heterocycles. The van der Waals surface area contributed by atoms with E-state index >= 15 is 0 Å². The first-order chi connectivity index (χ1) is 12.8. The van der Waals surface area contributed by atoms with Gasteiger partial charge in [0.05, 0.1) is 36.1 Å². The largest absolute Gasteiger partial charge is 0.259 e. The van der Waals surface area contributed by atoms with Crippen molar-refractivity contribution in [1.29, 1.82) is 0 Å². The third-order valence-corrected chi connectivity index (χ3v) is 4.58. The number of aryl methyl sites for hydroxylation is 6. The summed E-state index contributed by atoms with van der Waals surface area (Å²) in [5.74, 6) is 0.646. The Bertz CT molecular complexity index is 961. The van der Waals surface area contributed by atoms with Crippen LogP contribution in [-0.4, -0.2) is 30.5 Å². The molecular weight excluding hydrogens is 332 g/mol. The summed E-state index contributed by atoms with van der Waals surface area (Å²) in [6, 6.07) is 8.58. The summed E-state index contributed by atoms with van der Waals surface area (Å²) in [5.41, 5.74) is 10.0. The zero-order valence-corrected chi connectivity index (χ0v) is 17.0. The summed E-state index contributed by atoms with van der Waals surface area (Å²) in [6.45, 7) is 13.1. The number of hydrogen-bond acceptors (Lipinski definition) is 4. The van der Waals surface area contributed by atoms with Crippen LogP contribution in [0.1, 0.15) is 33.4 Å². The van der Waals surface area contributed by atoms with Crippen LogP contribution in [0.4, 0.5) is 11.4 Å². The van der Waals surface area contributed by atoms with Crippen LogP contribution in [0.2, 0.25) is 0 Å². The molecule has 1 aliphatic rings. The second kappa shape index (κ2) is 7.78. The third-order valence-electron chi connectivity index (χ3n) is 4.58. The van der Waals surface area contributed by atoms with Crippen molar-refractivity contribution < 1.29 is 0 Å². The van der Waals surface area contributed by atoms with Crippen LogP contribution in [0.25, 0.3) is 0 Å². The quantitative estimate of drug-likeness (QED) is 0.649. The van der Waals surface area contributed by atoms with Crippen LogP contribution in [0, 0.1) is 41.5 Å². The predicted octanol–water partition coefficient (Wildman–Crippen LogP) is 5.50. The Morgan fingerprint density at radius 1 is 0.704 bits per heavy atom. The van der Waals surface area contributed by atoms with Gasteiger partial charge in [-0.1, -0.05) is 35.4 Å². The second-order valence-electron chi connectivity index (χ2n) is 7.29. The fourth-order valence-corrected chi connectivity index (χ4v) is 3.53. The van der Waals surface area contributed by atoms with E-state index in [9.17, 15) is 0 Å². The maximum absolute atomic E-state index is 4.65. The Morgan fingerprint density at radius 3 is 1.63 bits per heavy atom. The first-order valence-electron chi connectivity index (χ1n) is 9.19. The van der Waals surface area contributed by atoms with E-state index in [1.807, 2.05) is 6.21 Å². The number of benzene rings is 2. The average molecular weight is 358 g/mol. The van der Waals surface area contributed by atoms with Crippen LogP contribution in [-0.2, 0) is 0 Å². The van der Waals surface area contributed by atoms with E-state index < -0.39 is 0 Å². The van der Waals surface area contributed by atoms with E-state index in [0.717, 1.165) is 17.1 Å². The van der Waals surface area contributed by atoms with Crippen LogP contribution in [0.5, 0.6) is 0 Å². The molecule has 3 rings (SSSR count). The molecule has 4 nitrogen and oxygen atoms in total. The molecule has 0 unspecified atom stereocenters. The zero-order chi connectivity index (χ0) is 19.6. The molecule has 0 amide bonds. The van der Waals surface area contributed by atoms with Gasteiger partial charge in [-0.2, -0.15) is 0 Å². The molecule has 0 aliphatic carbocycles. The first kappa shape index (κ1) is 18.9. The van der Waals surface area contributed by atoms with Crippen molar-refractivity contribution in [3.63, 3.8) is 0 Å². The minimum Gasteiger partial charge on any atom is -0.259 e. The molecule has 0 bridgehead atoms. The normalized spacial score (nSPS) is 14.3. The van der Waals surface area contributed by atoms with E-state index in [1.165, 1.54) is 33.4 Å². The van der Waals surface area contributed by atoms with Gasteiger partial charge in [0.15, 0.2) is 5.84 Å². The van der Waals surface area contributed by atoms with Gasteiger partial charge < -0.3 is 0 Å². The molecule has 0 fully saturated rings. The summed E-state index contributed by atoms with van der Waals surface area (Å²) in [6.07, 6.45) is 3.56. The van der Waals surface area contributed by atoms with E-state index in [2.05, 4.69) is 85.8 Å². The Morgan fingerprint density at radius 2 is 1.15 bits per heavy atom. The highest BCUT2D eigenvalue weighted by molar-refractivity contribution is 6.43. The molecule has 0 spiro atoms. The van der Waals surface area contributed by atoms with Gasteiger partial charge in [0.1, 0.15) is 0 Å². The molecule has 0 atom stereocenters. The standard InChI is InChI=1S/C23H26N4/c1-14-7-16(3)22(17(4)8-14)25-12-20-11-24-21(27-20)13-26-23-18(5)9-15(2)10-19(23)6/h7-10,12-13H,11H2,1-6H3. The number of hydrogen-bond donors (Lipinski definition) is 0. The van der Waals surface area contributed by atoms with Crippen LogP contribution in [0.3, 0.4) is 0 Å². The lowest BCUT2D eigenvalue weighted by Gasteiger charge is -2.06. The fraction of sp³-hybridized carbons (Fsp3) is 0.304. The Labute approximate surface area is 161 Å². The van der Waals surface area contributed by atoms with E-state index in [0.29, 0.717) is 12.4 Å². The summed E-state index contributed by atoms with van der Waals surface area (Å²) in [5, 5.41) is 0. The Hall–Kier alpha value is -2.88. The second-order valence-corrected chi connectivity index (χ2v) is 7.29. The van der Waals surface area contributed by atoms with Crippen LogP contribution < -0.4 is 0 Å². The maximum atomic E-state index is 4.65. The van der Waals surface area contributed by atoms with Gasteiger partial charge in [0, 0.05) is 0 Å². The van der Waals surface area contributed by atoms with Gasteiger partial charge >= 0.3 is 0 Å². The van der Waals surface area contributed by atoms with Crippen LogP contribution >= 0.6 is 0 Å². The lowest BCUT2D eigenvalue weighted by molar-refractivity contribution is 1.29. The van der Waals surface area contributed by atoms with E-state index in [-0.39, 0.29) is 0 Å². The summed E-state index contributed by atoms with van der Waals surface area (Å²) < 4.78 is 0. The summed E-state index contributed by atoms with van der Waals surface area (Å²) >= 11 is 0. The molecular formula is C23H26N4. The molecule has 2 aromatic rings. The van der Waals surface area contributed by atoms with Gasteiger partial charge in [-0.15, -0.1) is 0 Å². The van der Waals surface area contributed by atoms with Crippen molar-refractivity contribution in [2.45, 2.75) is 41.5 Å². The van der Waals surface area contributed by atoms with Gasteiger partial charge in [0.25, 0.3) is 0 Å². The Kier molecular flexibility index (Phi) is 5.45. The molecule has 0 radical (unpaired) electrons. The minimum atomic E-state index is 0.542. The lowest BCUT2D eigenvalue weighted by Crippen LogP contribution is -2.00. The number of aliphatic imine (C=N–C) groups is 4. The molecule has 1 aliphatic heterocycles. The van der Waals surface area contributed by atoms with Crippen molar-refractivity contribution in [3.05, 3.63) is 57.6 Å². The van der Waals surface area contributed by atoms with E-state index in [1.54, 1.807) is 6.21 Å².